The number of fused-ring (bicyclic) bond motifs is 2. The molecule has 5 nitrogen and oxygen atoms in total. The molecule has 0 spiro atoms. The van der Waals surface area contributed by atoms with Crippen molar-refractivity contribution in [3.63, 3.8) is 0 Å². The number of aryl methyl sites for hydroxylation is 2. The zero-order valence-corrected chi connectivity index (χ0v) is 18.2. The van der Waals surface area contributed by atoms with Gasteiger partial charge in [-0.25, -0.2) is 9.36 Å². The van der Waals surface area contributed by atoms with Crippen LogP contribution in [0.3, 0.4) is 0 Å². The molecule has 3 aromatic carbocycles. The lowest BCUT2D eigenvalue weighted by Crippen LogP contribution is -2.26. The highest BCUT2D eigenvalue weighted by Gasteiger charge is 2.30. The third-order valence-electron chi connectivity index (χ3n) is 6.61. The molecular weight excluding hydrogens is 396 g/mol. The Hall–Kier alpha value is -3.73. The van der Waals surface area contributed by atoms with Crippen LogP contribution in [0.2, 0.25) is 0 Å². The lowest BCUT2D eigenvalue weighted by atomic mass is 10.0. The molecular formula is C27H24N4O. The molecule has 2 aromatic heterocycles. The summed E-state index contributed by atoms with van der Waals surface area (Å²) < 4.78 is 3.42. The van der Waals surface area contributed by atoms with Crippen molar-refractivity contribution < 1.29 is 0 Å². The van der Waals surface area contributed by atoms with Gasteiger partial charge in [0.2, 0.25) is 0 Å². The smallest absolute Gasteiger partial charge is 0.265 e. The molecule has 1 aliphatic carbocycles. The van der Waals surface area contributed by atoms with Gasteiger partial charge in [-0.2, -0.15) is 10.2 Å². The highest BCUT2D eigenvalue weighted by atomic mass is 16.1. The quantitative estimate of drug-likeness (QED) is 0.398. The van der Waals surface area contributed by atoms with Crippen LogP contribution in [0.1, 0.15) is 41.1 Å². The predicted octanol–water partition coefficient (Wildman–Crippen LogP) is 5.28. The highest BCUT2D eigenvalue weighted by Crippen LogP contribution is 2.41. The molecule has 1 fully saturated rings. The van der Waals surface area contributed by atoms with Crippen LogP contribution in [0.15, 0.2) is 71.7 Å². The molecule has 32 heavy (non-hydrogen) atoms. The third-order valence-corrected chi connectivity index (χ3v) is 6.61. The van der Waals surface area contributed by atoms with Gasteiger partial charge in [-0.15, -0.1) is 0 Å². The molecule has 0 aliphatic heterocycles. The molecule has 5 heteroatoms. The molecule has 2 heterocycles. The van der Waals surface area contributed by atoms with Gasteiger partial charge in [0, 0.05) is 11.3 Å². The second-order valence-corrected chi connectivity index (χ2v) is 8.85. The number of rotatable bonds is 4. The van der Waals surface area contributed by atoms with E-state index in [0.717, 1.165) is 40.6 Å². The van der Waals surface area contributed by atoms with Crippen LogP contribution < -0.4 is 5.56 Å². The molecule has 0 unspecified atom stereocenters. The maximum absolute atomic E-state index is 13.7. The van der Waals surface area contributed by atoms with E-state index >= 15 is 0 Å². The van der Waals surface area contributed by atoms with Crippen LogP contribution in [0.4, 0.5) is 0 Å². The SMILES string of the molecule is Cc1ccc(-n2ncc3c(C4CC4)nn(Cc4cccc5ccccc45)c(=O)c32)cc1C. The Kier molecular flexibility index (Phi) is 4.25. The first-order chi connectivity index (χ1) is 15.6. The number of nitrogens with zero attached hydrogens (tertiary/aromatic N) is 4. The van der Waals surface area contributed by atoms with E-state index < -0.39 is 0 Å². The van der Waals surface area contributed by atoms with Gasteiger partial charge >= 0.3 is 0 Å². The summed E-state index contributed by atoms with van der Waals surface area (Å²) in [5.41, 5.74) is 5.91. The first-order valence-corrected chi connectivity index (χ1v) is 11.1. The lowest BCUT2D eigenvalue weighted by molar-refractivity contribution is 0.629. The first-order valence-electron chi connectivity index (χ1n) is 11.1. The molecule has 0 bridgehead atoms. The second-order valence-electron chi connectivity index (χ2n) is 8.85. The number of benzene rings is 3. The number of hydrogen-bond donors (Lipinski definition) is 0. The summed E-state index contributed by atoms with van der Waals surface area (Å²) in [7, 11) is 0. The fraction of sp³-hybridized carbons (Fsp3) is 0.222. The van der Waals surface area contributed by atoms with Gasteiger partial charge in [0.25, 0.3) is 5.56 Å². The summed E-state index contributed by atoms with van der Waals surface area (Å²) in [6.07, 6.45) is 4.04. The van der Waals surface area contributed by atoms with Crippen molar-refractivity contribution in [3.8, 4) is 5.69 Å². The second kappa shape index (κ2) is 7.16. The molecule has 1 saturated carbocycles. The maximum Gasteiger partial charge on any atom is 0.293 e. The fourth-order valence-corrected chi connectivity index (χ4v) is 4.50. The monoisotopic (exact) mass is 420 g/mol. The zero-order valence-electron chi connectivity index (χ0n) is 18.2. The molecule has 5 aromatic rings. The largest absolute Gasteiger partial charge is 0.293 e. The van der Waals surface area contributed by atoms with E-state index in [9.17, 15) is 4.79 Å². The zero-order chi connectivity index (χ0) is 21.8. The van der Waals surface area contributed by atoms with E-state index in [2.05, 4.69) is 55.3 Å². The molecule has 158 valence electrons. The van der Waals surface area contributed by atoms with Crippen molar-refractivity contribution in [2.45, 2.75) is 39.2 Å². The maximum atomic E-state index is 13.7. The molecule has 1 aliphatic rings. The van der Waals surface area contributed by atoms with Gasteiger partial charge in [0.15, 0.2) is 0 Å². The molecule has 6 rings (SSSR count). The normalized spacial score (nSPS) is 13.8. The summed E-state index contributed by atoms with van der Waals surface area (Å²) in [6, 6.07) is 20.7. The van der Waals surface area contributed by atoms with Crippen molar-refractivity contribution in [1.29, 1.82) is 0 Å². The van der Waals surface area contributed by atoms with Gasteiger partial charge in [0.05, 0.1) is 24.1 Å². The van der Waals surface area contributed by atoms with Gasteiger partial charge in [0.1, 0.15) is 5.52 Å². The van der Waals surface area contributed by atoms with E-state index in [0.29, 0.717) is 18.0 Å². The average Bonchev–Trinajstić information content (AvgIpc) is 3.55. The van der Waals surface area contributed by atoms with Crippen LogP contribution in [0.25, 0.3) is 27.4 Å². The molecule has 0 N–H and O–H groups in total. The summed E-state index contributed by atoms with van der Waals surface area (Å²) in [5, 5.41) is 12.7. The Morgan fingerprint density at radius 3 is 2.56 bits per heavy atom. The van der Waals surface area contributed by atoms with Gasteiger partial charge in [-0.05, 0) is 66.3 Å². The van der Waals surface area contributed by atoms with E-state index in [4.69, 9.17) is 5.10 Å². The predicted molar refractivity (Wildman–Crippen MR) is 128 cm³/mol. The Bertz CT molecular complexity index is 1550. The van der Waals surface area contributed by atoms with Crippen LogP contribution in [-0.2, 0) is 6.54 Å². The Balaban J connectivity index is 1.56. The van der Waals surface area contributed by atoms with Crippen molar-refractivity contribution in [2.75, 3.05) is 0 Å². The number of aromatic nitrogens is 4. The molecule has 0 radical (unpaired) electrons. The summed E-state index contributed by atoms with van der Waals surface area (Å²) in [4.78, 5) is 13.7. The minimum absolute atomic E-state index is 0.104. The Labute approximate surface area is 185 Å². The minimum Gasteiger partial charge on any atom is -0.265 e. The molecule has 0 amide bonds. The fourth-order valence-electron chi connectivity index (χ4n) is 4.50. The van der Waals surface area contributed by atoms with Crippen LogP contribution in [0.5, 0.6) is 0 Å². The van der Waals surface area contributed by atoms with Gasteiger partial charge < -0.3 is 0 Å². The van der Waals surface area contributed by atoms with Gasteiger partial charge in [-0.1, -0.05) is 48.5 Å². The van der Waals surface area contributed by atoms with Crippen LogP contribution in [0, 0.1) is 13.8 Å². The summed E-state index contributed by atoms with van der Waals surface area (Å²) in [6.45, 7) is 4.61. The average molecular weight is 421 g/mol. The third kappa shape index (κ3) is 3.04. The Morgan fingerprint density at radius 2 is 1.75 bits per heavy atom. The number of hydrogen-bond acceptors (Lipinski definition) is 3. The first kappa shape index (κ1) is 19.0. The molecule has 0 atom stereocenters. The van der Waals surface area contributed by atoms with Crippen molar-refractivity contribution in [2.24, 2.45) is 0 Å². The minimum atomic E-state index is -0.104. The van der Waals surface area contributed by atoms with Gasteiger partial charge in [-0.3, -0.25) is 4.79 Å². The topological polar surface area (TPSA) is 52.7 Å². The van der Waals surface area contributed by atoms with Crippen LogP contribution in [-0.4, -0.2) is 19.6 Å². The van der Waals surface area contributed by atoms with E-state index in [1.165, 1.54) is 16.5 Å². The summed E-state index contributed by atoms with van der Waals surface area (Å²) in [5.74, 6) is 0.411. The van der Waals surface area contributed by atoms with E-state index in [1.54, 1.807) is 9.36 Å². The van der Waals surface area contributed by atoms with Crippen molar-refractivity contribution in [3.05, 3.63) is 99.6 Å². The van der Waals surface area contributed by atoms with E-state index in [-0.39, 0.29) is 5.56 Å². The standard InChI is InChI=1S/C27H24N4O/c1-17-10-13-22(14-18(17)2)31-26-24(15-28-31)25(20-11-12-20)29-30(27(26)32)16-21-8-5-7-19-6-3-4-9-23(19)21/h3-10,13-15,20H,11-12,16H2,1-2H3. The van der Waals surface area contributed by atoms with Crippen molar-refractivity contribution >= 4 is 21.7 Å². The lowest BCUT2D eigenvalue weighted by Gasteiger charge is -2.12. The summed E-state index contributed by atoms with van der Waals surface area (Å²) >= 11 is 0. The van der Waals surface area contributed by atoms with Crippen LogP contribution >= 0.6 is 0 Å². The van der Waals surface area contributed by atoms with E-state index in [1.807, 2.05) is 30.5 Å². The highest BCUT2D eigenvalue weighted by molar-refractivity contribution is 5.86. The Morgan fingerprint density at radius 1 is 0.938 bits per heavy atom. The molecule has 0 saturated heterocycles. The van der Waals surface area contributed by atoms with Crippen molar-refractivity contribution in [1.82, 2.24) is 19.6 Å².